The van der Waals surface area contributed by atoms with E-state index in [9.17, 15) is 0 Å². The Hall–Kier alpha value is -1.35. The third-order valence-electron chi connectivity index (χ3n) is 1.74. The van der Waals surface area contributed by atoms with E-state index in [1.165, 1.54) is 0 Å². The second-order valence-electron chi connectivity index (χ2n) is 2.75. The molecular weight excluding hydrogens is 186 g/mol. The molecule has 66 valence electrons. The topological polar surface area (TPSA) is 41.6 Å². The number of aryl methyl sites for hydroxylation is 1. The molecule has 0 bridgehead atoms. The van der Waals surface area contributed by atoms with E-state index in [0.29, 0.717) is 5.15 Å². The average Bonchev–Trinajstić information content (AvgIpc) is 2.52. The Morgan fingerprint density at radius 1 is 1.38 bits per heavy atom. The zero-order valence-corrected chi connectivity index (χ0v) is 7.84. The molecule has 4 heteroatoms. The molecule has 0 spiro atoms. The molecule has 0 fully saturated rings. The maximum absolute atomic E-state index is 5.76. The van der Waals surface area contributed by atoms with Gasteiger partial charge in [0.05, 0.1) is 11.9 Å². The monoisotopic (exact) mass is 193 g/mol. The Bertz CT molecular complexity index is 422. The van der Waals surface area contributed by atoms with Crippen molar-refractivity contribution in [3.05, 3.63) is 35.5 Å². The number of aromatic nitrogens is 3. The molecule has 2 heterocycles. The van der Waals surface area contributed by atoms with Gasteiger partial charge in [-0.25, -0.2) is 9.97 Å². The molecule has 0 aliphatic heterocycles. The lowest BCUT2D eigenvalue weighted by Gasteiger charge is -1.96. The van der Waals surface area contributed by atoms with Gasteiger partial charge in [0.15, 0.2) is 0 Å². The van der Waals surface area contributed by atoms with Crippen LogP contribution in [0.25, 0.3) is 11.3 Å². The molecule has 0 saturated carbocycles. The SMILES string of the molecule is Cc1ncc(-c2ccnc(Cl)c2)[nH]1. The van der Waals surface area contributed by atoms with Crippen LogP contribution in [0, 0.1) is 6.92 Å². The number of rotatable bonds is 1. The summed E-state index contributed by atoms with van der Waals surface area (Å²) >= 11 is 5.76. The molecule has 0 saturated heterocycles. The Balaban J connectivity index is 2.46. The van der Waals surface area contributed by atoms with Crippen LogP contribution in [0.15, 0.2) is 24.5 Å². The van der Waals surface area contributed by atoms with Crippen LogP contribution in [0.1, 0.15) is 5.82 Å². The fraction of sp³-hybridized carbons (Fsp3) is 0.111. The van der Waals surface area contributed by atoms with Gasteiger partial charge in [0.25, 0.3) is 0 Å². The molecule has 2 aromatic heterocycles. The summed E-state index contributed by atoms with van der Waals surface area (Å²) in [6.45, 7) is 1.91. The first-order valence-electron chi connectivity index (χ1n) is 3.89. The van der Waals surface area contributed by atoms with Gasteiger partial charge < -0.3 is 4.98 Å². The maximum atomic E-state index is 5.76. The quantitative estimate of drug-likeness (QED) is 0.707. The van der Waals surface area contributed by atoms with E-state index >= 15 is 0 Å². The van der Waals surface area contributed by atoms with Crippen molar-refractivity contribution in [2.45, 2.75) is 6.92 Å². The number of nitrogens with zero attached hydrogens (tertiary/aromatic N) is 2. The van der Waals surface area contributed by atoms with Crippen molar-refractivity contribution in [2.75, 3.05) is 0 Å². The van der Waals surface area contributed by atoms with Crippen LogP contribution in [0.5, 0.6) is 0 Å². The van der Waals surface area contributed by atoms with Gasteiger partial charge in [-0.15, -0.1) is 0 Å². The standard InChI is InChI=1S/C9H8ClN3/c1-6-12-5-8(13-6)7-2-3-11-9(10)4-7/h2-5H,1H3,(H,12,13). The van der Waals surface area contributed by atoms with Gasteiger partial charge in [-0.3, -0.25) is 0 Å². The van der Waals surface area contributed by atoms with Crippen LogP contribution < -0.4 is 0 Å². The molecule has 2 rings (SSSR count). The highest BCUT2D eigenvalue weighted by atomic mass is 35.5. The molecule has 2 aromatic rings. The van der Waals surface area contributed by atoms with Crippen molar-refractivity contribution in [1.29, 1.82) is 0 Å². The van der Waals surface area contributed by atoms with E-state index in [1.807, 2.05) is 13.0 Å². The lowest BCUT2D eigenvalue weighted by atomic mass is 10.2. The molecule has 0 radical (unpaired) electrons. The number of aromatic amines is 1. The predicted molar refractivity (Wildman–Crippen MR) is 51.6 cm³/mol. The zero-order valence-electron chi connectivity index (χ0n) is 7.08. The predicted octanol–water partition coefficient (Wildman–Crippen LogP) is 2.43. The van der Waals surface area contributed by atoms with E-state index in [0.717, 1.165) is 17.1 Å². The van der Waals surface area contributed by atoms with E-state index in [-0.39, 0.29) is 0 Å². The van der Waals surface area contributed by atoms with E-state index in [4.69, 9.17) is 11.6 Å². The van der Waals surface area contributed by atoms with Crippen LogP contribution in [0.4, 0.5) is 0 Å². The highest BCUT2D eigenvalue weighted by Crippen LogP contribution is 2.18. The summed E-state index contributed by atoms with van der Waals surface area (Å²) in [5, 5.41) is 0.491. The third kappa shape index (κ3) is 1.70. The van der Waals surface area contributed by atoms with Gasteiger partial charge in [-0.1, -0.05) is 11.6 Å². The highest BCUT2D eigenvalue weighted by Gasteiger charge is 2.00. The van der Waals surface area contributed by atoms with Crippen molar-refractivity contribution >= 4 is 11.6 Å². The molecule has 0 aromatic carbocycles. The average molecular weight is 194 g/mol. The Morgan fingerprint density at radius 3 is 2.85 bits per heavy atom. The van der Waals surface area contributed by atoms with Gasteiger partial charge in [0.2, 0.25) is 0 Å². The summed E-state index contributed by atoms with van der Waals surface area (Å²) in [5.74, 6) is 0.892. The Morgan fingerprint density at radius 2 is 2.23 bits per heavy atom. The molecule has 1 N–H and O–H groups in total. The fourth-order valence-electron chi connectivity index (χ4n) is 1.14. The first-order chi connectivity index (χ1) is 6.25. The summed E-state index contributed by atoms with van der Waals surface area (Å²) in [4.78, 5) is 11.1. The summed E-state index contributed by atoms with van der Waals surface area (Å²) in [5.41, 5.74) is 1.96. The minimum Gasteiger partial charge on any atom is -0.342 e. The highest BCUT2D eigenvalue weighted by molar-refractivity contribution is 6.29. The lowest BCUT2D eigenvalue weighted by molar-refractivity contribution is 1.15. The molecule has 3 nitrogen and oxygen atoms in total. The fourth-order valence-corrected chi connectivity index (χ4v) is 1.31. The summed E-state index contributed by atoms with van der Waals surface area (Å²) in [7, 11) is 0. The molecule has 0 aliphatic rings. The summed E-state index contributed by atoms with van der Waals surface area (Å²) in [6, 6.07) is 3.69. The normalized spacial score (nSPS) is 10.3. The van der Waals surface area contributed by atoms with Gasteiger partial charge in [0, 0.05) is 11.8 Å². The first-order valence-corrected chi connectivity index (χ1v) is 4.27. The minimum atomic E-state index is 0.491. The number of pyridine rings is 1. The lowest BCUT2D eigenvalue weighted by Crippen LogP contribution is -1.80. The maximum Gasteiger partial charge on any atom is 0.129 e. The van der Waals surface area contributed by atoms with E-state index in [2.05, 4.69) is 15.0 Å². The van der Waals surface area contributed by atoms with Gasteiger partial charge >= 0.3 is 0 Å². The van der Waals surface area contributed by atoms with E-state index in [1.54, 1.807) is 18.5 Å². The molecule has 0 amide bonds. The first kappa shape index (κ1) is 8.26. The van der Waals surface area contributed by atoms with Crippen LogP contribution >= 0.6 is 11.6 Å². The van der Waals surface area contributed by atoms with Crippen LogP contribution in [0.2, 0.25) is 5.15 Å². The van der Waals surface area contributed by atoms with Crippen molar-refractivity contribution < 1.29 is 0 Å². The van der Waals surface area contributed by atoms with Gasteiger partial charge in [-0.2, -0.15) is 0 Å². The molecule has 13 heavy (non-hydrogen) atoms. The second kappa shape index (κ2) is 3.18. The number of hydrogen-bond donors (Lipinski definition) is 1. The van der Waals surface area contributed by atoms with Gasteiger partial charge in [-0.05, 0) is 19.1 Å². The Kier molecular flexibility index (Phi) is 2.02. The van der Waals surface area contributed by atoms with Crippen molar-refractivity contribution in [2.24, 2.45) is 0 Å². The number of H-pyrrole nitrogens is 1. The van der Waals surface area contributed by atoms with Crippen molar-refractivity contribution in [1.82, 2.24) is 15.0 Å². The summed E-state index contributed by atoms with van der Waals surface area (Å²) in [6.07, 6.45) is 3.45. The largest absolute Gasteiger partial charge is 0.342 e. The molecule has 0 unspecified atom stereocenters. The molecule has 0 atom stereocenters. The minimum absolute atomic E-state index is 0.491. The zero-order chi connectivity index (χ0) is 9.26. The van der Waals surface area contributed by atoms with Crippen LogP contribution in [-0.2, 0) is 0 Å². The second-order valence-corrected chi connectivity index (χ2v) is 3.14. The number of imidazole rings is 1. The van der Waals surface area contributed by atoms with Crippen LogP contribution in [-0.4, -0.2) is 15.0 Å². The van der Waals surface area contributed by atoms with Crippen molar-refractivity contribution in [3.63, 3.8) is 0 Å². The van der Waals surface area contributed by atoms with E-state index < -0.39 is 0 Å². The third-order valence-corrected chi connectivity index (χ3v) is 1.95. The smallest absolute Gasteiger partial charge is 0.129 e. The summed E-state index contributed by atoms with van der Waals surface area (Å²) < 4.78 is 0. The van der Waals surface area contributed by atoms with Crippen LogP contribution in [0.3, 0.4) is 0 Å². The van der Waals surface area contributed by atoms with Gasteiger partial charge in [0.1, 0.15) is 11.0 Å². The molecular formula is C9H8ClN3. The number of nitrogens with one attached hydrogen (secondary N) is 1. The Labute approximate surface area is 80.8 Å². The number of halogens is 1. The molecule has 0 aliphatic carbocycles. The number of hydrogen-bond acceptors (Lipinski definition) is 2. The van der Waals surface area contributed by atoms with Crippen molar-refractivity contribution in [3.8, 4) is 11.3 Å².